The summed E-state index contributed by atoms with van der Waals surface area (Å²) < 4.78 is 5.19. The van der Waals surface area contributed by atoms with Crippen molar-refractivity contribution >= 4 is 34.6 Å². The van der Waals surface area contributed by atoms with Crippen LogP contribution in [0, 0.1) is 0 Å². The van der Waals surface area contributed by atoms with Crippen molar-refractivity contribution in [3.63, 3.8) is 0 Å². The number of thiophene rings is 1. The van der Waals surface area contributed by atoms with Crippen molar-refractivity contribution in [3.8, 4) is 16.2 Å². The van der Waals surface area contributed by atoms with Crippen LogP contribution in [0.15, 0.2) is 54.6 Å². The van der Waals surface area contributed by atoms with Gasteiger partial charge in [0.05, 0.1) is 18.4 Å². The van der Waals surface area contributed by atoms with Gasteiger partial charge in [0.15, 0.2) is 0 Å². The molecule has 2 aromatic carbocycles. The highest BCUT2D eigenvalue weighted by Gasteiger charge is 2.23. The van der Waals surface area contributed by atoms with Crippen LogP contribution in [0.1, 0.15) is 20.8 Å². The molecular formula is C25H25ClN2O3S. The number of benzene rings is 2. The minimum atomic E-state index is -0.0637. The molecule has 0 spiro atoms. The van der Waals surface area contributed by atoms with Gasteiger partial charge in [0.25, 0.3) is 0 Å². The predicted molar refractivity (Wildman–Crippen MR) is 129 cm³/mol. The summed E-state index contributed by atoms with van der Waals surface area (Å²) in [5.74, 6) is 0.730. The molecule has 166 valence electrons. The molecule has 0 atom stereocenters. The first-order valence-corrected chi connectivity index (χ1v) is 11.7. The number of carbonyl (C=O) groups excluding carboxylic acids is 2. The number of likely N-dealkylation sites (N-methyl/N-ethyl adjacent to an activating group) is 1. The standard InChI is InChI=1S/C25H25ClN2O3S/c1-27-11-13-28(14-12-27)23(29)16-19-15-22(24(30)17-5-9-21(31-2)10-6-17)32-25(19)18-3-7-20(26)8-4-18/h3-10,15H,11-14,16H2,1-2H3. The quantitative estimate of drug-likeness (QED) is 0.495. The Labute approximate surface area is 197 Å². The SMILES string of the molecule is COc1ccc(C(=O)c2cc(CC(=O)N3CCN(C)CC3)c(-c3ccc(Cl)cc3)s2)cc1. The monoisotopic (exact) mass is 468 g/mol. The second-order valence-corrected chi connectivity index (χ2v) is 9.38. The number of ketones is 1. The lowest BCUT2D eigenvalue weighted by Gasteiger charge is -2.32. The number of methoxy groups -OCH3 is 1. The van der Waals surface area contributed by atoms with Gasteiger partial charge in [-0.05, 0) is 60.6 Å². The van der Waals surface area contributed by atoms with E-state index in [1.807, 2.05) is 35.2 Å². The zero-order valence-corrected chi connectivity index (χ0v) is 19.7. The maximum absolute atomic E-state index is 13.2. The summed E-state index contributed by atoms with van der Waals surface area (Å²) >= 11 is 7.49. The van der Waals surface area contributed by atoms with Gasteiger partial charge in [-0.1, -0.05) is 23.7 Å². The Hall–Kier alpha value is -2.67. The lowest BCUT2D eigenvalue weighted by molar-refractivity contribution is -0.132. The number of hydrogen-bond acceptors (Lipinski definition) is 5. The van der Waals surface area contributed by atoms with Gasteiger partial charge in [-0.15, -0.1) is 11.3 Å². The highest BCUT2D eigenvalue weighted by Crippen LogP contribution is 2.35. The molecule has 0 unspecified atom stereocenters. The Bertz CT molecular complexity index is 1100. The summed E-state index contributed by atoms with van der Waals surface area (Å²) in [5.41, 5.74) is 2.42. The third kappa shape index (κ3) is 5.04. The first-order chi connectivity index (χ1) is 15.4. The van der Waals surface area contributed by atoms with Crippen LogP contribution in [-0.2, 0) is 11.2 Å². The number of ether oxygens (including phenoxy) is 1. The van der Waals surface area contributed by atoms with Gasteiger partial charge in [-0.25, -0.2) is 0 Å². The minimum absolute atomic E-state index is 0.0637. The largest absolute Gasteiger partial charge is 0.497 e. The number of nitrogens with zero attached hydrogens (tertiary/aromatic N) is 2. The molecule has 1 aromatic heterocycles. The summed E-state index contributed by atoms with van der Waals surface area (Å²) in [7, 11) is 3.66. The zero-order valence-electron chi connectivity index (χ0n) is 18.1. The molecule has 0 saturated carbocycles. The molecule has 1 fully saturated rings. The average Bonchev–Trinajstić information content (AvgIpc) is 3.23. The number of piperazine rings is 1. The average molecular weight is 469 g/mol. The van der Waals surface area contributed by atoms with Crippen LogP contribution in [0.5, 0.6) is 5.75 Å². The Morgan fingerprint density at radius 2 is 1.66 bits per heavy atom. The van der Waals surface area contributed by atoms with E-state index in [9.17, 15) is 9.59 Å². The van der Waals surface area contributed by atoms with Gasteiger partial charge < -0.3 is 14.5 Å². The Kier molecular flexibility index (Phi) is 6.94. The van der Waals surface area contributed by atoms with Crippen molar-refractivity contribution in [1.82, 2.24) is 9.80 Å². The van der Waals surface area contributed by atoms with Crippen molar-refractivity contribution < 1.29 is 14.3 Å². The number of halogens is 1. The van der Waals surface area contributed by atoms with Crippen LogP contribution in [-0.4, -0.2) is 61.8 Å². The lowest BCUT2D eigenvalue weighted by atomic mass is 10.0. The number of hydrogen-bond donors (Lipinski definition) is 0. The van der Waals surface area contributed by atoms with E-state index in [2.05, 4.69) is 11.9 Å². The van der Waals surface area contributed by atoms with Crippen LogP contribution in [0.2, 0.25) is 5.02 Å². The molecule has 1 aliphatic rings. The summed E-state index contributed by atoms with van der Waals surface area (Å²) in [4.78, 5) is 31.9. The second-order valence-electron chi connectivity index (χ2n) is 7.89. The fraction of sp³-hybridized carbons (Fsp3) is 0.280. The first kappa shape index (κ1) is 22.5. The van der Waals surface area contributed by atoms with Crippen molar-refractivity contribution in [2.45, 2.75) is 6.42 Å². The molecule has 32 heavy (non-hydrogen) atoms. The molecular weight excluding hydrogens is 444 g/mol. The van der Waals surface area contributed by atoms with Gasteiger partial charge in [-0.2, -0.15) is 0 Å². The predicted octanol–water partition coefficient (Wildman–Crippen LogP) is 4.62. The number of carbonyl (C=O) groups is 2. The molecule has 7 heteroatoms. The third-order valence-corrected chi connectivity index (χ3v) is 7.17. The van der Waals surface area contributed by atoms with Gasteiger partial charge in [-0.3, -0.25) is 9.59 Å². The molecule has 4 rings (SSSR count). The maximum Gasteiger partial charge on any atom is 0.227 e. The van der Waals surface area contributed by atoms with Gasteiger partial charge in [0, 0.05) is 41.6 Å². The topological polar surface area (TPSA) is 49.9 Å². The summed E-state index contributed by atoms with van der Waals surface area (Å²) in [6.45, 7) is 3.21. The Morgan fingerprint density at radius 3 is 2.28 bits per heavy atom. The van der Waals surface area contributed by atoms with Gasteiger partial charge >= 0.3 is 0 Å². The first-order valence-electron chi connectivity index (χ1n) is 10.5. The van der Waals surface area contributed by atoms with Crippen molar-refractivity contribution in [3.05, 3.63) is 75.6 Å². The fourth-order valence-corrected chi connectivity index (χ4v) is 5.01. The molecule has 2 heterocycles. The number of rotatable bonds is 6. The second kappa shape index (κ2) is 9.86. The smallest absolute Gasteiger partial charge is 0.227 e. The molecule has 1 saturated heterocycles. The molecule has 0 bridgehead atoms. The highest BCUT2D eigenvalue weighted by atomic mass is 35.5. The van der Waals surface area contributed by atoms with Gasteiger partial charge in [0.1, 0.15) is 5.75 Å². The van der Waals surface area contributed by atoms with E-state index < -0.39 is 0 Å². The van der Waals surface area contributed by atoms with E-state index >= 15 is 0 Å². The van der Waals surface area contributed by atoms with Crippen molar-refractivity contribution in [2.24, 2.45) is 0 Å². The van der Waals surface area contributed by atoms with E-state index in [1.165, 1.54) is 11.3 Å². The summed E-state index contributed by atoms with van der Waals surface area (Å²) in [5, 5.41) is 0.648. The number of amides is 1. The molecule has 0 radical (unpaired) electrons. The summed E-state index contributed by atoms with van der Waals surface area (Å²) in [6, 6.07) is 16.5. The molecule has 0 aliphatic carbocycles. The van der Waals surface area contributed by atoms with Crippen LogP contribution in [0.25, 0.3) is 10.4 Å². The Morgan fingerprint density at radius 1 is 1.00 bits per heavy atom. The van der Waals surface area contributed by atoms with Crippen LogP contribution < -0.4 is 4.74 Å². The normalized spacial score (nSPS) is 14.4. The lowest BCUT2D eigenvalue weighted by Crippen LogP contribution is -2.47. The van der Waals surface area contributed by atoms with Crippen molar-refractivity contribution in [1.29, 1.82) is 0 Å². The van der Waals surface area contributed by atoms with Crippen LogP contribution in [0.3, 0.4) is 0 Å². The van der Waals surface area contributed by atoms with E-state index in [0.29, 0.717) is 21.2 Å². The van der Waals surface area contributed by atoms with E-state index in [0.717, 1.165) is 42.2 Å². The van der Waals surface area contributed by atoms with Crippen molar-refractivity contribution in [2.75, 3.05) is 40.3 Å². The zero-order chi connectivity index (χ0) is 22.7. The van der Waals surface area contributed by atoms with Crippen LogP contribution >= 0.6 is 22.9 Å². The molecule has 1 amide bonds. The van der Waals surface area contributed by atoms with Crippen LogP contribution in [0.4, 0.5) is 0 Å². The third-order valence-electron chi connectivity index (χ3n) is 5.69. The molecule has 3 aromatic rings. The van der Waals surface area contributed by atoms with E-state index in [4.69, 9.17) is 16.3 Å². The Balaban J connectivity index is 1.64. The molecule has 5 nitrogen and oxygen atoms in total. The molecule has 0 N–H and O–H groups in total. The van der Waals surface area contributed by atoms with E-state index in [1.54, 1.807) is 31.4 Å². The fourth-order valence-electron chi connectivity index (χ4n) is 3.73. The van der Waals surface area contributed by atoms with E-state index in [-0.39, 0.29) is 18.1 Å². The highest BCUT2D eigenvalue weighted by molar-refractivity contribution is 7.17. The molecule has 1 aliphatic heterocycles. The minimum Gasteiger partial charge on any atom is -0.497 e. The van der Waals surface area contributed by atoms with Gasteiger partial charge in [0.2, 0.25) is 11.7 Å². The summed E-state index contributed by atoms with van der Waals surface area (Å²) in [6.07, 6.45) is 0.272. The maximum atomic E-state index is 13.2.